The van der Waals surface area contributed by atoms with Crippen LogP contribution in [0.5, 0.6) is 0 Å². The van der Waals surface area contributed by atoms with Crippen molar-refractivity contribution in [2.45, 2.75) is 26.2 Å². The van der Waals surface area contributed by atoms with E-state index in [-0.39, 0.29) is 12.1 Å². The van der Waals surface area contributed by atoms with Gasteiger partial charge in [0.2, 0.25) is 0 Å². The van der Waals surface area contributed by atoms with E-state index in [1.165, 1.54) is 0 Å². The fourth-order valence-electron chi connectivity index (χ4n) is 6.18. The number of nitrogens with one attached hydrogen (secondary N) is 4. The molecule has 6 aromatic heterocycles. The number of carbonyl (C=O) groups is 2. The highest BCUT2D eigenvalue weighted by Gasteiger charge is 2.20. The maximum Gasteiger partial charge on any atom is 0.319 e. The molecule has 4 N–H and O–H groups in total. The van der Waals surface area contributed by atoms with Crippen LogP contribution in [0.25, 0.3) is 74.8 Å². The van der Waals surface area contributed by atoms with Crippen molar-refractivity contribution in [3.05, 3.63) is 95.0 Å². The molecular formula is C42H38N8O3S4. The molecule has 11 nitrogen and oxygen atoms in total. The second-order valence-corrected chi connectivity index (χ2v) is 16.9. The number of ether oxygens (including phenoxy) is 1. The van der Waals surface area contributed by atoms with Gasteiger partial charge in [-0.2, -0.15) is 0 Å². The highest BCUT2D eigenvalue weighted by molar-refractivity contribution is 7.20. The first-order valence-electron chi connectivity index (χ1n) is 18.4. The van der Waals surface area contributed by atoms with Crippen molar-refractivity contribution < 1.29 is 14.3 Å². The maximum atomic E-state index is 12.6. The number of carbonyl (C=O) groups excluding carboxylic acids is 2. The smallest absolute Gasteiger partial charge is 0.319 e. The summed E-state index contributed by atoms with van der Waals surface area (Å²) in [6.07, 6.45) is 3.12. The predicted octanol–water partition coefficient (Wildman–Crippen LogP) is 11.2. The number of amides is 4. The molecule has 288 valence electrons. The van der Waals surface area contributed by atoms with Crippen molar-refractivity contribution in [3.8, 4) is 52.7 Å². The van der Waals surface area contributed by atoms with Gasteiger partial charge in [-0.25, -0.2) is 29.5 Å². The molecule has 8 rings (SSSR count). The molecule has 2 aromatic carbocycles. The number of rotatable bonds is 14. The number of benzene rings is 2. The topological polar surface area (TPSA) is 143 Å². The van der Waals surface area contributed by atoms with Crippen molar-refractivity contribution in [1.82, 2.24) is 30.6 Å². The van der Waals surface area contributed by atoms with Gasteiger partial charge in [-0.3, -0.25) is 0 Å². The van der Waals surface area contributed by atoms with Crippen LogP contribution in [-0.4, -0.2) is 58.8 Å². The standard InChI is InChI=1S/C42H38N8O3S4/c1-3-4-5-16-43-41(51)45-26-10-12-28-31(23-26)50-39(37(47-28)33-8-6-19-54-33)35-15-14-32(57-35)25-21-36(56-24-25)40-38(34-9-7-20-55-34)49-30-22-27(11-13-29(30)48-40)46-42(52)44-17-18-53-2/h6-15,19-24H,3-5,16-18H2,1-2H3,(H2,43,45,51)(H2,44,46,52). The molecule has 6 heterocycles. The van der Waals surface area contributed by atoms with E-state index >= 15 is 0 Å². The van der Waals surface area contributed by atoms with Crippen LogP contribution in [0.3, 0.4) is 0 Å². The lowest BCUT2D eigenvalue weighted by Crippen LogP contribution is -2.31. The van der Waals surface area contributed by atoms with Crippen molar-refractivity contribution in [1.29, 1.82) is 0 Å². The molecule has 8 aromatic rings. The second-order valence-electron chi connectivity index (χ2n) is 13.0. The number of unbranched alkanes of at least 4 members (excludes halogenated alkanes) is 2. The molecule has 0 aliphatic heterocycles. The van der Waals surface area contributed by atoms with Crippen molar-refractivity contribution >= 4 is 90.9 Å². The van der Waals surface area contributed by atoms with Crippen molar-refractivity contribution in [2.75, 3.05) is 37.4 Å². The summed E-state index contributed by atoms with van der Waals surface area (Å²) in [6, 6.07) is 25.2. The van der Waals surface area contributed by atoms with Crippen LogP contribution in [0.4, 0.5) is 21.0 Å². The van der Waals surface area contributed by atoms with E-state index in [0.717, 1.165) is 83.0 Å². The summed E-state index contributed by atoms with van der Waals surface area (Å²) in [5.41, 5.74) is 8.43. The van der Waals surface area contributed by atoms with E-state index in [9.17, 15) is 9.59 Å². The number of hydrogen-bond acceptors (Lipinski definition) is 11. The van der Waals surface area contributed by atoms with E-state index < -0.39 is 0 Å². The number of methoxy groups -OCH3 is 1. The zero-order chi connectivity index (χ0) is 39.1. The van der Waals surface area contributed by atoms with E-state index in [1.54, 1.807) is 52.5 Å². The minimum absolute atomic E-state index is 0.231. The number of urea groups is 2. The summed E-state index contributed by atoms with van der Waals surface area (Å²) >= 11 is 6.53. The van der Waals surface area contributed by atoms with E-state index in [0.29, 0.717) is 42.1 Å². The Balaban J connectivity index is 1.09. The lowest BCUT2D eigenvalue weighted by molar-refractivity contribution is 0.198. The molecule has 0 aliphatic carbocycles. The van der Waals surface area contributed by atoms with Crippen molar-refractivity contribution in [2.24, 2.45) is 0 Å². The minimum atomic E-state index is -0.312. The number of anilines is 2. The third-order valence-electron chi connectivity index (χ3n) is 8.97. The summed E-state index contributed by atoms with van der Waals surface area (Å²) in [7, 11) is 1.59. The van der Waals surface area contributed by atoms with Crippen LogP contribution in [0.15, 0.2) is 95.0 Å². The molecule has 0 radical (unpaired) electrons. The predicted molar refractivity (Wildman–Crippen MR) is 237 cm³/mol. The van der Waals surface area contributed by atoms with Gasteiger partial charge in [0.1, 0.15) is 22.8 Å². The fourth-order valence-corrected chi connectivity index (χ4v) is 9.57. The summed E-state index contributed by atoms with van der Waals surface area (Å²) in [6.45, 7) is 3.61. The van der Waals surface area contributed by atoms with E-state index in [2.05, 4.69) is 57.8 Å². The number of nitrogens with zero attached hydrogens (tertiary/aromatic N) is 4. The van der Waals surface area contributed by atoms with Gasteiger partial charge in [0.25, 0.3) is 0 Å². The van der Waals surface area contributed by atoms with Crippen LogP contribution in [0.2, 0.25) is 0 Å². The lowest BCUT2D eigenvalue weighted by atomic mass is 10.1. The van der Waals surface area contributed by atoms with Crippen LogP contribution in [-0.2, 0) is 4.74 Å². The molecule has 0 aliphatic rings. The Morgan fingerprint density at radius 1 is 0.596 bits per heavy atom. The summed E-state index contributed by atoms with van der Waals surface area (Å²) < 4.78 is 5.02. The number of fused-ring (bicyclic) bond motifs is 2. The normalized spacial score (nSPS) is 11.3. The Morgan fingerprint density at radius 3 is 1.74 bits per heavy atom. The summed E-state index contributed by atoms with van der Waals surface area (Å²) in [4.78, 5) is 50.5. The molecule has 0 saturated carbocycles. The quantitative estimate of drug-likeness (QED) is 0.0799. The van der Waals surface area contributed by atoms with Gasteiger partial charge in [-0.05, 0) is 83.9 Å². The largest absolute Gasteiger partial charge is 0.383 e. The average molecular weight is 831 g/mol. The highest BCUT2D eigenvalue weighted by atomic mass is 32.1. The Morgan fingerprint density at radius 2 is 1.16 bits per heavy atom. The number of hydrogen-bond donors (Lipinski definition) is 4. The Bertz CT molecular complexity index is 2660. The van der Waals surface area contributed by atoms with Crippen molar-refractivity contribution in [3.63, 3.8) is 0 Å². The number of thiophene rings is 4. The fraction of sp³-hybridized carbons (Fsp3) is 0.190. The minimum Gasteiger partial charge on any atom is -0.383 e. The molecule has 0 atom stereocenters. The molecule has 57 heavy (non-hydrogen) atoms. The highest BCUT2D eigenvalue weighted by Crippen LogP contribution is 2.43. The average Bonchev–Trinajstić information content (AvgIpc) is 4.07. The van der Waals surface area contributed by atoms with Gasteiger partial charge < -0.3 is 26.0 Å². The first-order valence-corrected chi connectivity index (χ1v) is 21.9. The molecule has 4 amide bonds. The Labute approximate surface area is 345 Å². The molecule has 0 saturated heterocycles. The van der Waals surface area contributed by atoms with E-state index in [4.69, 9.17) is 24.7 Å². The van der Waals surface area contributed by atoms with Gasteiger partial charge in [-0.1, -0.05) is 31.9 Å². The van der Waals surface area contributed by atoms with Gasteiger partial charge in [0, 0.05) is 47.4 Å². The van der Waals surface area contributed by atoms with Crippen LogP contribution in [0.1, 0.15) is 26.2 Å². The molecule has 15 heteroatoms. The zero-order valence-corrected chi connectivity index (χ0v) is 34.4. The third kappa shape index (κ3) is 8.87. The first kappa shape index (κ1) is 38.3. The van der Waals surface area contributed by atoms with E-state index in [1.807, 2.05) is 65.4 Å². The Kier molecular flexibility index (Phi) is 11.9. The molecule has 0 fully saturated rings. The maximum absolute atomic E-state index is 12.6. The molecule has 0 spiro atoms. The molecule has 0 unspecified atom stereocenters. The Hall–Kier alpha value is -5.58. The zero-order valence-electron chi connectivity index (χ0n) is 31.1. The van der Waals surface area contributed by atoms with Gasteiger partial charge in [-0.15, -0.1) is 45.3 Å². The SMILES string of the molecule is CCCCCNC(=O)Nc1ccc2nc(-c3cccs3)c(-c3ccc(-c4csc(-c5nc6ccc(NC(=O)NCCOC)cc6nc5-c5cccs5)c4)s3)nc2c1. The van der Waals surface area contributed by atoms with Gasteiger partial charge >= 0.3 is 12.1 Å². The number of aromatic nitrogens is 4. The molecular weight excluding hydrogens is 793 g/mol. The molecule has 0 bridgehead atoms. The van der Waals surface area contributed by atoms with Crippen LogP contribution >= 0.6 is 45.3 Å². The first-order chi connectivity index (χ1) is 27.9. The second kappa shape index (κ2) is 17.7. The van der Waals surface area contributed by atoms with Crippen LogP contribution < -0.4 is 21.3 Å². The van der Waals surface area contributed by atoms with Gasteiger partial charge in [0.15, 0.2) is 0 Å². The summed E-state index contributed by atoms with van der Waals surface area (Å²) in [5.74, 6) is 0. The summed E-state index contributed by atoms with van der Waals surface area (Å²) in [5, 5.41) is 17.8. The lowest BCUT2D eigenvalue weighted by Gasteiger charge is -2.10. The van der Waals surface area contributed by atoms with Crippen LogP contribution in [0, 0.1) is 0 Å². The third-order valence-corrected chi connectivity index (χ3v) is 12.8. The van der Waals surface area contributed by atoms with Gasteiger partial charge in [0.05, 0.1) is 48.2 Å². The monoisotopic (exact) mass is 830 g/mol.